The highest BCUT2D eigenvalue weighted by Gasteiger charge is 2.24. The lowest BCUT2D eigenvalue weighted by Gasteiger charge is -2.32. The number of carbonyl (C=O) groups is 1. The Balaban J connectivity index is 1.48. The van der Waals surface area contributed by atoms with Gasteiger partial charge in [-0.25, -0.2) is 18.1 Å². The van der Waals surface area contributed by atoms with E-state index >= 15 is 0 Å². The number of piperidine rings is 1. The van der Waals surface area contributed by atoms with Gasteiger partial charge in [0.2, 0.25) is 15.9 Å². The Morgan fingerprint density at radius 2 is 1.93 bits per heavy atom. The smallest absolute Gasteiger partial charge is 0.223 e. The van der Waals surface area contributed by atoms with Gasteiger partial charge in [0.05, 0.1) is 12.5 Å². The second-order valence-electron chi connectivity index (χ2n) is 7.03. The third kappa shape index (κ3) is 5.64. The molecule has 1 aliphatic heterocycles. The highest BCUT2D eigenvalue weighted by atomic mass is 32.2. The first kappa shape index (κ1) is 19.6. The molecule has 0 radical (unpaired) electrons. The van der Waals surface area contributed by atoms with Crippen LogP contribution in [0.5, 0.6) is 0 Å². The minimum atomic E-state index is -3.20. The van der Waals surface area contributed by atoms with Crippen molar-refractivity contribution in [1.82, 2.24) is 14.6 Å². The number of aryl methyl sites for hydroxylation is 2. The lowest BCUT2D eigenvalue weighted by molar-refractivity contribution is -0.132. The molecule has 2 aromatic rings. The van der Waals surface area contributed by atoms with Crippen molar-refractivity contribution in [2.45, 2.75) is 38.6 Å². The lowest BCUT2D eigenvalue weighted by atomic mass is 10.1. The van der Waals surface area contributed by atoms with Gasteiger partial charge in [0, 0.05) is 37.5 Å². The number of likely N-dealkylation sites (tertiary alicyclic amines) is 1. The summed E-state index contributed by atoms with van der Waals surface area (Å²) in [5, 5.41) is 0. The predicted octanol–water partition coefficient (Wildman–Crippen LogP) is 2.12. The number of nitrogens with one attached hydrogen (secondary N) is 1. The summed E-state index contributed by atoms with van der Waals surface area (Å²) in [4.78, 5) is 18.4. The van der Waals surface area contributed by atoms with E-state index < -0.39 is 10.0 Å². The molecular formula is C19H25N3O4S. The van der Waals surface area contributed by atoms with Crippen LogP contribution in [0.25, 0.3) is 11.3 Å². The first-order valence-corrected chi connectivity index (χ1v) is 11.0. The maximum Gasteiger partial charge on any atom is 0.223 e. The molecule has 8 heteroatoms. The molecular weight excluding hydrogens is 366 g/mol. The molecule has 2 heterocycles. The number of aromatic nitrogens is 1. The summed E-state index contributed by atoms with van der Waals surface area (Å²) in [5.41, 5.74) is 2.14. The number of nitrogens with zero attached hydrogens (tertiary/aromatic N) is 2. The van der Waals surface area contributed by atoms with Crippen LogP contribution >= 0.6 is 0 Å². The summed E-state index contributed by atoms with van der Waals surface area (Å²) in [7, 11) is -3.20. The van der Waals surface area contributed by atoms with E-state index in [-0.39, 0.29) is 11.9 Å². The van der Waals surface area contributed by atoms with Crippen molar-refractivity contribution in [2.75, 3.05) is 19.3 Å². The molecule has 1 fully saturated rings. The van der Waals surface area contributed by atoms with Crippen molar-refractivity contribution in [1.29, 1.82) is 0 Å². The Kier molecular flexibility index (Phi) is 5.96. The van der Waals surface area contributed by atoms with Crippen LogP contribution in [-0.2, 0) is 21.2 Å². The fourth-order valence-electron chi connectivity index (χ4n) is 3.20. The van der Waals surface area contributed by atoms with E-state index in [4.69, 9.17) is 4.42 Å². The molecule has 1 N–H and O–H groups in total. The maximum absolute atomic E-state index is 12.4. The average molecular weight is 391 g/mol. The van der Waals surface area contributed by atoms with Gasteiger partial charge >= 0.3 is 0 Å². The number of benzene rings is 1. The first-order chi connectivity index (χ1) is 12.8. The minimum absolute atomic E-state index is 0.0443. The van der Waals surface area contributed by atoms with Gasteiger partial charge in [0.25, 0.3) is 0 Å². The molecule has 0 aliphatic carbocycles. The fourth-order valence-corrected chi connectivity index (χ4v) is 4.04. The van der Waals surface area contributed by atoms with E-state index in [9.17, 15) is 13.2 Å². The topological polar surface area (TPSA) is 92.5 Å². The lowest BCUT2D eigenvalue weighted by Crippen LogP contribution is -2.46. The maximum atomic E-state index is 12.4. The van der Waals surface area contributed by atoms with Gasteiger partial charge < -0.3 is 9.32 Å². The van der Waals surface area contributed by atoms with Crippen LogP contribution in [-0.4, -0.2) is 49.6 Å². The molecule has 0 unspecified atom stereocenters. The van der Waals surface area contributed by atoms with Crippen molar-refractivity contribution in [2.24, 2.45) is 0 Å². The Morgan fingerprint density at radius 3 is 2.56 bits per heavy atom. The molecule has 146 valence electrons. The highest BCUT2D eigenvalue weighted by Crippen LogP contribution is 2.21. The summed E-state index contributed by atoms with van der Waals surface area (Å²) in [6, 6.07) is 7.92. The van der Waals surface area contributed by atoms with Gasteiger partial charge in [-0.15, -0.1) is 0 Å². The predicted molar refractivity (Wildman–Crippen MR) is 103 cm³/mol. The molecule has 27 heavy (non-hydrogen) atoms. The molecule has 1 aliphatic rings. The molecule has 0 spiro atoms. The van der Waals surface area contributed by atoms with E-state index in [0.29, 0.717) is 50.4 Å². The van der Waals surface area contributed by atoms with Crippen molar-refractivity contribution in [3.63, 3.8) is 0 Å². The minimum Gasteiger partial charge on any atom is -0.441 e. The first-order valence-electron chi connectivity index (χ1n) is 9.07. The third-order valence-electron chi connectivity index (χ3n) is 4.67. The van der Waals surface area contributed by atoms with Crippen molar-refractivity contribution < 1.29 is 17.6 Å². The number of oxazole rings is 1. The molecule has 1 saturated heterocycles. The van der Waals surface area contributed by atoms with Gasteiger partial charge in [-0.2, -0.15) is 0 Å². The Labute approximate surface area is 159 Å². The zero-order valence-corrected chi connectivity index (χ0v) is 16.5. The molecule has 1 amide bonds. The second-order valence-corrected chi connectivity index (χ2v) is 8.81. The van der Waals surface area contributed by atoms with Crippen molar-refractivity contribution in [3.8, 4) is 11.3 Å². The molecule has 1 aromatic heterocycles. The van der Waals surface area contributed by atoms with Gasteiger partial charge in [-0.1, -0.05) is 29.8 Å². The second kappa shape index (κ2) is 8.22. The number of amides is 1. The van der Waals surface area contributed by atoms with E-state index in [1.165, 1.54) is 5.56 Å². The zero-order chi connectivity index (χ0) is 19.4. The summed E-state index contributed by atoms with van der Waals surface area (Å²) in [6.45, 7) is 3.15. The number of hydrogen-bond acceptors (Lipinski definition) is 5. The Bertz CT molecular complexity index is 882. The van der Waals surface area contributed by atoms with Crippen molar-refractivity contribution in [3.05, 3.63) is 41.9 Å². The largest absolute Gasteiger partial charge is 0.441 e. The Morgan fingerprint density at radius 1 is 1.26 bits per heavy atom. The molecule has 0 saturated carbocycles. The van der Waals surface area contributed by atoms with Crippen LogP contribution in [0.2, 0.25) is 0 Å². The van der Waals surface area contributed by atoms with E-state index in [0.717, 1.165) is 11.8 Å². The van der Waals surface area contributed by atoms with Gasteiger partial charge in [-0.05, 0) is 19.8 Å². The summed E-state index contributed by atoms with van der Waals surface area (Å²) in [5.74, 6) is 1.29. The van der Waals surface area contributed by atoms with Crippen LogP contribution in [0.15, 0.2) is 34.9 Å². The number of rotatable bonds is 6. The molecule has 3 rings (SSSR count). The number of carbonyl (C=O) groups excluding carboxylic acids is 1. The highest BCUT2D eigenvalue weighted by molar-refractivity contribution is 7.88. The van der Waals surface area contributed by atoms with E-state index in [2.05, 4.69) is 9.71 Å². The number of sulfonamides is 1. The fraction of sp³-hybridized carbons (Fsp3) is 0.474. The van der Waals surface area contributed by atoms with E-state index in [1.54, 1.807) is 11.1 Å². The van der Waals surface area contributed by atoms with Crippen molar-refractivity contribution >= 4 is 15.9 Å². The summed E-state index contributed by atoms with van der Waals surface area (Å²) >= 11 is 0. The summed E-state index contributed by atoms with van der Waals surface area (Å²) in [6.07, 6.45) is 4.90. The summed E-state index contributed by atoms with van der Waals surface area (Å²) < 4.78 is 30.9. The SMILES string of the molecule is Cc1ccc(-c2cnc(CCC(=O)N3CCC(NS(C)(=O)=O)CC3)o2)cc1. The van der Waals surface area contributed by atoms with Gasteiger partial charge in [-0.3, -0.25) is 4.79 Å². The van der Waals surface area contributed by atoms with Crippen LogP contribution in [0.1, 0.15) is 30.7 Å². The quantitative estimate of drug-likeness (QED) is 0.814. The standard InChI is InChI=1S/C19H25N3O4S/c1-14-3-5-15(6-4-14)17-13-20-18(26-17)7-8-19(23)22-11-9-16(10-12-22)21-27(2,24)25/h3-6,13,16,21H,7-12H2,1-2H3. The normalized spacial score (nSPS) is 15.9. The van der Waals surface area contributed by atoms with Crippen LogP contribution in [0, 0.1) is 6.92 Å². The third-order valence-corrected chi connectivity index (χ3v) is 5.43. The van der Waals surface area contributed by atoms with E-state index in [1.807, 2.05) is 31.2 Å². The molecule has 1 aromatic carbocycles. The molecule has 0 atom stereocenters. The van der Waals surface area contributed by atoms with Gasteiger partial charge in [0.15, 0.2) is 11.7 Å². The Hall–Kier alpha value is -2.19. The monoisotopic (exact) mass is 391 g/mol. The average Bonchev–Trinajstić information content (AvgIpc) is 3.08. The van der Waals surface area contributed by atoms with Crippen LogP contribution in [0.3, 0.4) is 0 Å². The van der Waals surface area contributed by atoms with Crippen LogP contribution < -0.4 is 4.72 Å². The number of hydrogen-bond donors (Lipinski definition) is 1. The molecule has 7 nitrogen and oxygen atoms in total. The van der Waals surface area contributed by atoms with Crippen LogP contribution in [0.4, 0.5) is 0 Å². The zero-order valence-electron chi connectivity index (χ0n) is 15.6. The molecule has 0 bridgehead atoms. The van der Waals surface area contributed by atoms with Gasteiger partial charge in [0.1, 0.15) is 0 Å².